The van der Waals surface area contributed by atoms with Crippen molar-refractivity contribution in [1.29, 1.82) is 0 Å². The Balaban J connectivity index is 1.79. The molecule has 0 spiro atoms. The molecule has 1 unspecified atom stereocenters. The number of amides is 2. The van der Waals surface area contributed by atoms with Gasteiger partial charge in [-0.2, -0.15) is 5.10 Å². The van der Waals surface area contributed by atoms with Crippen molar-refractivity contribution >= 4 is 33.6 Å². The molecule has 2 aliphatic rings. The highest BCUT2D eigenvalue weighted by atomic mass is 79.9. The molecule has 7 nitrogen and oxygen atoms in total. The second-order valence-electron chi connectivity index (χ2n) is 10.2. The minimum absolute atomic E-state index is 0.112. The molecule has 2 aliphatic carbocycles. The zero-order valence-electron chi connectivity index (χ0n) is 20.9. The number of primary amides is 1. The van der Waals surface area contributed by atoms with E-state index in [1.54, 1.807) is 10.9 Å². The number of halogens is 1. The lowest BCUT2D eigenvalue weighted by atomic mass is 9.63. The van der Waals surface area contributed by atoms with Crippen LogP contribution in [0.4, 0.5) is 5.82 Å². The highest BCUT2D eigenvalue weighted by molar-refractivity contribution is 9.10. The molecular weight excluding hydrogens is 506 g/mol. The van der Waals surface area contributed by atoms with Gasteiger partial charge < -0.3 is 11.1 Å². The minimum atomic E-state index is -0.527. The van der Waals surface area contributed by atoms with Gasteiger partial charge in [0.25, 0.3) is 5.91 Å². The number of nitrogens with one attached hydrogen (secondary N) is 1. The summed E-state index contributed by atoms with van der Waals surface area (Å²) in [6.07, 6.45) is 13.6. The standard InChI is InChI=1S/C27H38BrN5O2/c1-3-33-25(26(29)34)20(16-30-33)24(27(35)32-22-15-14-21(28)17(2)31-22)23(18-10-6-4-7-11-18)19-12-8-5-9-13-19/h14-16,18-19,23-24H,3-13H2,1-2H3,(H2,29,34)(H,31,32,35). The third-order valence-corrected chi connectivity index (χ3v) is 8.90. The lowest BCUT2D eigenvalue weighted by Gasteiger charge is -2.41. The van der Waals surface area contributed by atoms with E-state index < -0.39 is 11.8 Å². The Kier molecular flexibility index (Phi) is 8.63. The van der Waals surface area contributed by atoms with Crippen molar-refractivity contribution in [1.82, 2.24) is 14.8 Å². The number of carbonyl (C=O) groups is 2. The lowest BCUT2D eigenvalue weighted by molar-refractivity contribution is -0.120. The fraction of sp³-hybridized carbons (Fsp3) is 0.630. The van der Waals surface area contributed by atoms with Crippen molar-refractivity contribution < 1.29 is 9.59 Å². The first kappa shape index (κ1) is 25.9. The molecule has 3 N–H and O–H groups in total. The molecule has 4 rings (SSSR count). The van der Waals surface area contributed by atoms with Gasteiger partial charge in [-0.15, -0.1) is 0 Å². The summed E-state index contributed by atoms with van der Waals surface area (Å²) in [7, 11) is 0. The highest BCUT2D eigenvalue weighted by Gasteiger charge is 2.43. The monoisotopic (exact) mass is 543 g/mol. The van der Waals surface area contributed by atoms with Gasteiger partial charge in [0.15, 0.2) is 0 Å². The fourth-order valence-corrected chi connectivity index (χ4v) is 6.67. The smallest absolute Gasteiger partial charge is 0.267 e. The molecule has 0 bridgehead atoms. The summed E-state index contributed by atoms with van der Waals surface area (Å²) >= 11 is 3.49. The average molecular weight is 545 g/mol. The summed E-state index contributed by atoms with van der Waals surface area (Å²) in [5.41, 5.74) is 7.72. The van der Waals surface area contributed by atoms with Crippen LogP contribution in [0.3, 0.4) is 0 Å². The molecule has 2 aromatic heterocycles. The maximum Gasteiger partial charge on any atom is 0.267 e. The second-order valence-corrected chi connectivity index (χ2v) is 11.1. The maximum absolute atomic E-state index is 14.2. The molecule has 1 atom stereocenters. The van der Waals surface area contributed by atoms with Gasteiger partial charge in [0.1, 0.15) is 11.5 Å². The molecule has 2 fully saturated rings. The number of hydrogen-bond acceptors (Lipinski definition) is 4. The Morgan fingerprint density at radius 2 is 1.69 bits per heavy atom. The van der Waals surface area contributed by atoms with E-state index in [2.05, 4.69) is 31.3 Å². The summed E-state index contributed by atoms with van der Waals surface area (Å²) in [5, 5.41) is 7.58. The third kappa shape index (κ3) is 5.79. The predicted molar refractivity (Wildman–Crippen MR) is 141 cm³/mol. The van der Waals surface area contributed by atoms with Gasteiger partial charge in [0, 0.05) is 16.6 Å². The predicted octanol–water partition coefficient (Wildman–Crippen LogP) is 5.97. The molecule has 2 saturated carbocycles. The normalized spacial score (nSPS) is 18.5. The van der Waals surface area contributed by atoms with E-state index in [1.165, 1.54) is 38.5 Å². The van der Waals surface area contributed by atoms with Gasteiger partial charge in [-0.1, -0.05) is 64.2 Å². The molecular formula is C27H38BrN5O2. The van der Waals surface area contributed by atoms with E-state index in [0.29, 0.717) is 35.5 Å². The molecule has 35 heavy (non-hydrogen) atoms. The summed E-state index contributed by atoms with van der Waals surface area (Å²) in [6, 6.07) is 3.71. The van der Waals surface area contributed by atoms with E-state index >= 15 is 0 Å². The number of pyridine rings is 1. The highest BCUT2D eigenvalue weighted by Crippen LogP contribution is 2.47. The average Bonchev–Trinajstić information content (AvgIpc) is 3.29. The van der Waals surface area contributed by atoms with Crippen molar-refractivity contribution in [3.05, 3.63) is 39.8 Å². The van der Waals surface area contributed by atoms with E-state index in [0.717, 1.165) is 35.8 Å². The Morgan fingerprint density at radius 3 is 2.20 bits per heavy atom. The van der Waals surface area contributed by atoms with Crippen LogP contribution < -0.4 is 11.1 Å². The molecule has 0 radical (unpaired) electrons. The van der Waals surface area contributed by atoms with Gasteiger partial charge >= 0.3 is 0 Å². The molecule has 8 heteroatoms. The molecule has 0 aliphatic heterocycles. The van der Waals surface area contributed by atoms with Crippen LogP contribution in [0.5, 0.6) is 0 Å². The van der Waals surface area contributed by atoms with E-state index in [-0.39, 0.29) is 11.8 Å². The summed E-state index contributed by atoms with van der Waals surface area (Å²) in [4.78, 5) is 31.3. The topological polar surface area (TPSA) is 103 Å². The minimum Gasteiger partial charge on any atom is -0.364 e. The number of hydrogen-bond donors (Lipinski definition) is 2. The van der Waals surface area contributed by atoms with E-state index in [4.69, 9.17) is 5.73 Å². The maximum atomic E-state index is 14.2. The molecule has 2 aromatic rings. The SMILES string of the molecule is CCn1ncc(C(C(=O)Nc2ccc(Br)c(C)n2)C(C2CCCCC2)C2CCCCC2)c1C(N)=O. The molecule has 2 amide bonds. The van der Waals surface area contributed by atoms with Crippen LogP contribution in [0.25, 0.3) is 0 Å². The lowest BCUT2D eigenvalue weighted by Crippen LogP contribution is -2.39. The Labute approximate surface area is 216 Å². The first-order chi connectivity index (χ1) is 16.9. The number of nitrogens with two attached hydrogens (primary N) is 1. The van der Waals surface area contributed by atoms with Gasteiger partial charge in [-0.3, -0.25) is 14.3 Å². The van der Waals surface area contributed by atoms with Crippen LogP contribution in [-0.4, -0.2) is 26.6 Å². The van der Waals surface area contributed by atoms with Crippen LogP contribution >= 0.6 is 15.9 Å². The van der Waals surface area contributed by atoms with Crippen molar-refractivity contribution in [3.63, 3.8) is 0 Å². The van der Waals surface area contributed by atoms with E-state index in [1.807, 2.05) is 26.0 Å². The van der Waals surface area contributed by atoms with Gasteiger partial charge in [0.2, 0.25) is 5.91 Å². The third-order valence-electron chi connectivity index (χ3n) is 8.06. The number of aromatic nitrogens is 3. The molecule has 190 valence electrons. The molecule has 2 heterocycles. The Bertz CT molecular complexity index is 1020. The van der Waals surface area contributed by atoms with Crippen LogP contribution in [0.15, 0.2) is 22.8 Å². The van der Waals surface area contributed by atoms with Crippen LogP contribution in [0.2, 0.25) is 0 Å². The van der Waals surface area contributed by atoms with Crippen molar-refractivity contribution in [2.75, 3.05) is 5.32 Å². The van der Waals surface area contributed by atoms with Crippen molar-refractivity contribution in [2.45, 2.75) is 90.5 Å². The van der Waals surface area contributed by atoms with Crippen LogP contribution in [0.1, 0.15) is 98.8 Å². The van der Waals surface area contributed by atoms with Crippen molar-refractivity contribution in [3.8, 4) is 0 Å². The van der Waals surface area contributed by atoms with Crippen LogP contribution in [-0.2, 0) is 11.3 Å². The van der Waals surface area contributed by atoms with Gasteiger partial charge in [-0.05, 0) is 59.7 Å². The zero-order valence-corrected chi connectivity index (χ0v) is 22.5. The molecule has 0 saturated heterocycles. The number of anilines is 1. The molecule has 0 aromatic carbocycles. The van der Waals surface area contributed by atoms with Gasteiger partial charge in [0.05, 0.1) is 17.8 Å². The first-order valence-corrected chi connectivity index (χ1v) is 14.0. The largest absolute Gasteiger partial charge is 0.364 e. The quantitative estimate of drug-likeness (QED) is 0.428. The number of aryl methyl sites for hydroxylation is 2. The zero-order chi connectivity index (χ0) is 24.9. The fourth-order valence-electron chi connectivity index (χ4n) is 6.44. The van der Waals surface area contributed by atoms with Crippen LogP contribution in [0, 0.1) is 24.7 Å². The Hall–Kier alpha value is -2.22. The van der Waals surface area contributed by atoms with Gasteiger partial charge in [-0.25, -0.2) is 4.98 Å². The number of carbonyl (C=O) groups excluding carboxylic acids is 2. The first-order valence-electron chi connectivity index (χ1n) is 13.2. The Morgan fingerprint density at radius 1 is 1.09 bits per heavy atom. The van der Waals surface area contributed by atoms with Crippen molar-refractivity contribution in [2.24, 2.45) is 23.5 Å². The number of nitrogens with zero attached hydrogens (tertiary/aromatic N) is 3. The van der Waals surface area contributed by atoms with E-state index in [9.17, 15) is 9.59 Å². The number of rotatable bonds is 8. The summed E-state index contributed by atoms with van der Waals surface area (Å²) in [5.74, 6) is 0.449. The summed E-state index contributed by atoms with van der Waals surface area (Å²) < 4.78 is 2.54. The second kappa shape index (κ2) is 11.7. The summed E-state index contributed by atoms with van der Waals surface area (Å²) in [6.45, 7) is 4.37.